The highest BCUT2D eigenvalue weighted by atomic mass is 19.4. The van der Waals surface area contributed by atoms with Gasteiger partial charge in [0.2, 0.25) is 11.9 Å². The van der Waals surface area contributed by atoms with E-state index >= 15 is 0 Å². The molecule has 34 heavy (non-hydrogen) atoms. The van der Waals surface area contributed by atoms with Crippen molar-refractivity contribution in [3.63, 3.8) is 0 Å². The van der Waals surface area contributed by atoms with Crippen LogP contribution in [0, 0.1) is 0 Å². The van der Waals surface area contributed by atoms with Crippen molar-refractivity contribution in [3.05, 3.63) is 45.1 Å². The Morgan fingerprint density at radius 2 is 1.71 bits per heavy atom. The minimum Gasteiger partial charge on any atom is -0.351 e. The second-order valence-electron chi connectivity index (χ2n) is 8.32. The molecule has 2 aromatic rings. The number of hydrogen-bond donors (Lipinski definition) is 2. The van der Waals surface area contributed by atoms with Gasteiger partial charge in [-0.25, -0.2) is 15.1 Å². The first-order valence-corrected chi connectivity index (χ1v) is 10.6. The van der Waals surface area contributed by atoms with Gasteiger partial charge in [-0.1, -0.05) is 0 Å². The Morgan fingerprint density at radius 1 is 1.06 bits per heavy atom. The quantitative estimate of drug-likeness (QED) is 0.639. The van der Waals surface area contributed by atoms with Gasteiger partial charge in [-0.2, -0.15) is 31.4 Å². The van der Waals surface area contributed by atoms with Crippen LogP contribution < -0.4 is 10.9 Å². The van der Waals surface area contributed by atoms with E-state index in [4.69, 9.17) is 0 Å². The van der Waals surface area contributed by atoms with Crippen LogP contribution in [0.2, 0.25) is 0 Å². The molecule has 0 aromatic carbocycles. The Hall–Kier alpha value is -3.19. The Morgan fingerprint density at radius 3 is 2.29 bits per heavy atom. The van der Waals surface area contributed by atoms with E-state index in [9.17, 15) is 35.9 Å². The van der Waals surface area contributed by atoms with E-state index < -0.39 is 35.0 Å². The molecule has 1 aliphatic heterocycles. The lowest BCUT2D eigenvalue weighted by Gasteiger charge is -2.33. The number of nitrogens with zero attached hydrogens (tertiary/aromatic N) is 4. The molecule has 0 saturated carbocycles. The number of alkyl halides is 6. The van der Waals surface area contributed by atoms with Gasteiger partial charge in [0.15, 0.2) is 0 Å². The average molecular weight is 490 g/mol. The third-order valence-corrected chi connectivity index (χ3v) is 6.11. The lowest BCUT2D eigenvalue weighted by molar-refractivity contribution is -0.139. The van der Waals surface area contributed by atoms with Crippen molar-refractivity contribution in [2.45, 2.75) is 56.4 Å². The molecule has 1 saturated heterocycles. The molecule has 2 aliphatic rings. The summed E-state index contributed by atoms with van der Waals surface area (Å²) in [6.07, 6.45) is -6.64. The first kappa shape index (κ1) is 24.0. The van der Waals surface area contributed by atoms with Crippen LogP contribution in [0.5, 0.6) is 0 Å². The smallest absolute Gasteiger partial charge is 0.351 e. The largest absolute Gasteiger partial charge is 0.422 e. The minimum absolute atomic E-state index is 0.0244. The molecule has 2 N–H and O–H groups in total. The van der Waals surface area contributed by atoms with Crippen molar-refractivity contribution < 1.29 is 31.1 Å². The van der Waals surface area contributed by atoms with Crippen molar-refractivity contribution in [1.29, 1.82) is 0 Å². The van der Waals surface area contributed by atoms with Crippen LogP contribution in [-0.4, -0.2) is 50.1 Å². The summed E-state index contributed by atoms with van der Waals surface area (Å²) in [7, 11) is 0. The highest BCUT2D eigenvalue weighted by Crippen LogP contribution is 2.40. The minimum atomic E-state index is -4.80. The summed E-state index contributed by atoms with van der Waals surface area (Å²) in [5, 5.41) is 8.64. The predicted octanol–water partition coefficient (Wildman–Crippen LogP) is 3.12. The molecule has 3 heterocycles. The van der Waals surface area contributed by atoms with Crippen molar-refractivity contribution in [2.75, 3.05) is 18.4 Å². The van der Waals surface area contributed by atoms with Gasteiger partial charge >= 0.3 is 12.4 Å². The van der Waals surface area contributed by atoms with E-state index in [0.717, 1.165) is 0 Å². The lowest BCUT2D eigenvalue weighted by atomic mass is 9.99. The number of aromatic nitrogens is 4. The Labute approximate surface area is 188 Å². The summed E-state index contributed by atoms with van der Waals surface area (Å²) in [4.78, 5) is 33.4. The van der Waals surface area contributed by atoms with Gasteiger partial charge in [-0.15, -0.1) is 0 Å². The fourth-order valence-electron chi connectivity index (χ4n) is 4.39. The van der Waals surface area contributed by atoms with Gasteiger partial charge in [0, 0.05) is 43.9 Å². The van der Waals surface area contributed by atoms with E-state index in [-0.39, 0.29) is 48.4 Å². The second kappa shape index (κ2) is 8.87. The molecule has 0 spiro atoms. The Kier molecular flexibility index (Phi) is 6.25. The normalized spacial score (nSPS) is 19.2. The standard InChI is InChI=1S/C20H20F6N6O2/c21-19(22,23)11-8-27-18(28-9-11)29-12-3-5-32(6-4-12)14(33)7-10-1-2-13-15(20(24,25)26)17(34)31-30-16(10)13/h8-10,12H,1-7H2,(H,31,34)(H,27,28,29). The topological polar surface area (TPSA) is 104 Å². The lowest BCUT2D eigenvalue weighted by Crippen LogP contribution is -2.43. The SMILES string of the molecule is O=C(CC1CCc2c1n[nH]c(=O)c2C(F)(F)F)N1CCC(Nc2ncc(C(F)(F)F)cn2)CC1. The van der Waals surface area contributed by atoms with Gasteiger partial charge in [-0.3, -0.25) is 9.59 Å². The van der Waals surface area contributed by atoms with Crippen molar-refractivity contribution in [3.8, 4) is 0 Å². The third kappa shape index (κ3) is 4.99. The van der Waals surface area contributed by atoms with Crippen molar-refractivity contribution in [1.82, 2.24) is 25.1 Å². The zero-order valence-electron chi connectivity index (χ0n) is 17.6. The van der Waals surface area contributed by atoms with Gasteiger partial charge in [0.05, 0.1) is 11.3 Å². The van der Waals surface area contributed by atoms with Crippen LogP contribution in [0.25, 0.3) is 0 Å². The number of piperidine rings is 1. The summed E-state index contributed by atoms with van der Waals surface area (Å²) in [6, 6.07) is -0.144. The highest BCUT2D eigenvalue weighted by Gasteiger charge is 2.42. The number of halogens is 6. The number of nitrogens with one attached hydrogen (secondary N) is 2. The number of anilines is 1. The Balaban J connectivity index is 1.33. The zero-order valence-corrected chi connectivity index (χ0v) is 17.6. The predicted molar refractivity (Wildman–Crippen MR) is 106 cm³/mol. The fourth-order valence-corrected chi connectivity index (χ4v) is 4.39. The average Bonchev–Trinajstić information content (AvgIpc) is 3.15. The maximum Gasteiger partial charge on any atom is 0.422 e. The molecule has 1 unspecified atom stereocenters. The van der Waals surface area contributed by atoms with Gasteiger partial charge in [0.25, 0.3) is 5.56 Å². The molecule has 1 atom stereocenters. The third-order valence-electron chi connectivity index (χ3n) is 6.11. The van der Waals surface area contributed by atoms with Crippen LogP contribution >= 0.6 is 0 Å². The monoisotopic (exact) mass is 490 g/mol. The molecule has 1 amide bonds. The molecule has 1 fully saturated rings. The van der Waals surface area contributed by atoms with E-state index in [2.05, 4.69) is 20.4 Å². The first-order chi connectivity index (χ1) is 15.9. The van der Waals surface area contributed by atoms with E-state index in [1.165, 1.54) is 0 Å². The van der Waals surface area contributed by atoms with Crippen LogP contribution in [0.3, 0.4) is 0 Å². The number of carbonyl (C=O) groups is 1. The van der Waals surface area contributed by atoms with Gasteiger partial charge in [0.1, 0.15) is 5.56 Å². The highest BCUT2D eigenvalue weighted by molar-refractivity contribution is 5.77. The molecule has 1 aliphatic carbocycles. The number of fused-ring (bicyclic) bond motifs is 1. The molecule has 0 bridgehead atoms. The number of hydrogen-bond acceptors (Lipinski definition) is 6. The van der Waals surface area contributed by atoms with Crippen molar-refractivity contribution in [2.24, 2.45) is 0 Å². The molecule has 184 valence electrons. The second-order valence-corrected chi connectivity index (χ2v) is 8.32. The molecule has 8 nitrogen and oxygen atoms in total. The fraction of sp³-hybridized carbons (Fsp3) is 0.550. The van der Waals surface area contributed by atoms with Crippen molar-refractivity contribution >= 4 is 11.9 Å². The van der Waals surface area contributed by atoms with E-state index in [1.54, 1.807) is 4.90 Å². The van der Waals surface area contributed by atoms with Crippen LogP contribution in [0.1, 0.15) is 54.0 Å². The number of aromatic amines is 1. The van der Waals surface area contributed by atoms with Gasteiger partial charge in [-0.05, 0) is 31.2 Å². The van der Waals surface area contributed by atoms with E-state index in [0.29, 0.717) is 38.3 Å². The summed E-state index contributed by atoms with van der Waals surface area (Å²) in [6.45, 7) is 0.729. The molecule has 0 radical (unpaired) electrons. The number of H-pyrrole nitrogens is 1. The number of carbonyl (C=O) groups excluding carboxylic acids is 1. The number of likely N-dealkylation sites (tertiary alicyclic amines) is 1. The molecular weight excluding hydrogens is 470 g/mol. The first-order valence-electron chi connectivity index (χ1n) is 10.6. The molecule has 4 rings (SSSR count). The maximum atomic E-state index is 13.3. The molecule has 2 aromatic heterocycles. The van der Waals surface area contributed by atoms with Crippen LogP contribution in [-0.2, 0) is 23.6 Å². The maximum absolute atomic E-state index is 13.3. The summed E-state index contributed by atoms with van der Waals surface area (Å²) >= 11 is 0. The molecule has 14 heteroatoms. The zero-order chi connectivity index (χ0) is 24.7. The number of amides is 1. The number of rotatable bonds is 4. The van der Waals surface area contributed by atoms with Gasteiger partial charge < -0.3 is 10.2 Å². The summed E-state index contributed by atoms with van der Waals surface area (Å²) in [5.41, 5.74) is -3.52. The Bertz CT molecular complexity index is 1110. The van der Waals surface area contributed by atoms with Crippen LogP contribution in [0.15, 0.2) is 17.2 Å². The molecular formula is C20H20F6N6O2. The summed E-state index contributed by atoms with van der Waals surface area (Å²) < 4.78 is 77.6. The summed E-state index contributed by atoms with van der Waals surface area (Å²) in [5.74, 6) is -0.693. The van der Waals surface area contributed by atoms with E-state index in [1.807, 2.05) is 5.10 Å². The van der Waals surface area contributed by atoms with Crippen LogP contribution in [0.4, 0.5) is 32.3 Å².